The van der Waals surface area contributed by atoms with E-state index in [-0.39, 0.29) is 12.5 Å². The lowest BCUT2D eigenvalue weighted by Gasteiger charge is -2.08. The number of hydrogen-bond donors (Lipinski definition) is 1. The van der Waals surface area contributed by atoms with Gasteiger partial charge in [-0.2, -0.15) is 0 Å². The first kappa shape index (κ1) is 14.7. The van der Waals surface area contributed by atoms with Crippen LogP contribution in [0.5, 0.6) is 5.75 Å². The molecule has 0 bridgehead atoms. The van der Waals surface area contributed by atoms with Gasteiger partial charge in [0, 0.05) is 16.6 Å². The van der Waals surface area contributed by atoms with E-state index in [0.717, 1.165) is 5.56 Å². The average Bonchev–Trinajstić information content (AvgIpc) is 2.43. The Balaban J connectivity index is 1.80. The van der Waals surface area contributed by atoms with E-state index in [0.29, 0.717) is 22.3 Å². The van der Waals surface area contributed by atoms with Crippen LogP contribution in [0.4, 0.5) is 0 Å². The summed E-state index contributed by atoms with van der Waals surface area (Å²) in [5.74, 6) is 0.266. The second-order valence-corrected chi connectivity index (χ2v) is 5.03. The second kappa shape index (κ2) is 7.17. The predicted molar refractivity (Wildman–Crippen MR) is 80.2 cm³/mol. The molecule has 0 unspecified atom stereocenters. The Morgan fingerprint density at radius 3 is 2.35 bits per heavy atom. The zero-order chi connectivity index (χ0) is 14.4. The molecule has 0 saturated heterocycles. The van der Waals surface area contributed by atoms with Crippen molar-refractivity contribution in [2.45, 2.75) is 6.54 Å². The molecule has 0 aliphatic carbocycles. The molecule has 0 fully saturated rings. The molecule has 1 N–H and O–H groups in total. The summed E-state index contributed by atoms with van der Waals surface area (Å²) in [6.45, 7) is 0.392. The fraction of sp³-hybridized carbons (Fsp3) is 0.133. The fourth-order valence-electron chi connectivity index (χ4n) is 1.61. The van der Waals surface area contributed by atoms with Crippen LogP contribution in [0.2, 0.25) is 10.0 Å². The van der Waals surface area contributed by atoms with Gasteiger partial charge in [0.05, 0.1) is 0 Å². The van der Waals surface area contributed by atoms with Crippen molar-refractivity contribution in [3.05, 3.63) is 64.1 Å². The monoisotopic (exact) mass is 309 g/mol. The van der Waals surface area contributed by atoms with Gasteiger partial charge in [-0.1, -0.05) is 53.5 Å². The molecule has 2 aromatic rings. The summed E-state index contributed by atoms with van der Waals surface area (Å²) in [5.41, 5.74) is 1.03. The van der Waals surface area contributed by atoms with Gasteiger partial charge in [0.1, 0.15) is 5.75 Å². The Kier molecular flexibility index (Phi) is 5.27. The van der Waals surface area contributed by atoms with E-state index in [1.54, 1.807) is 18.2 Å². The van der Waals surface area contributed by atoms with Crippen molar-refractivity contribution < 1.29 is 9.53 Å². The minimum Gasteiger partial charge on any atom is -0.484 e. The van der Waals surface area contributed by atoms with E-state index in [1.807, 2.05) is 30.3 Å². The molecule has 0 saturated carbocycles. The van der Waals surface area contributed by atoms with Gasteiger partial charge >= 0.3 is 0 Å². The Morgan fingerprint density at radius 2 is 1.70 bits per heavy atom. The highest BCUT2D eigenvalue weighted by Crippen LogP contribution is 2.23. The van der Waals surface area contributed by atoms with Crippen molar-refractivity contribution in [1.82, 2.24) is 5.32 Å². The molecule has 0 heterocycles. The van der Waals surface area contributed by atoms with Crippen LogP contribution in [-0.4, -0.2) is 12.5 Å². The summed E-state index contributed by atoms with van der Waals surface area (Å²) in [6, 6.07) is 14.5. The number of nitrogens with one attached hydrogen (secondary N) is 1. The molecule has 5 heteroatoms. The number of rotatable bonds is 5. The number of amides is 1. The predicted octanol–water partition coefficient (Wildman–Crippen LogP) is 3.69. The normalized spacial score (nSPS) is 10.1. The van der Waals surface area contributed by atoms with E-state index in [9.17, 15) is 4.79 Å². The summed E-state index contributed by atoms with van der Waals surface area (Å²) < 4.78 is 5.34. The lowest BCUT2D eigenvalue weighted by Crippen LogP contribution is -2.28. The molecule has 0 radical (unpaired) electrons. The standard InChI is InChI=1S/C15H13Cl2NO2/c16-12-6-13(17)8-14(7-12)20-10-15(19)18-9-11-4-2-1-3-5-11/h1-8H,9-10H2,(H,18,19). The third-order valence-corrected chi connectivity index (χ3v) is 2.97. The fourth-order valence-corrected chi connectivity index (χ4v) is 2.11. The number of hydrogen-bond acceptors (Lipinski definition) is 2. The highest BCUT2D eigenvalue weighted by atomic mass is 35.5. The summed E-state index contributed by atoms with van der Waals surface area (Å²) in [6.07, 6.45) is 0. The first-order valence-electron chi connectivity index (χ1n) is 6.03. The van der Waals surface area contributed by atoms with Gasteiger partial charge < -0.3 is 10.1 Å². The third-order valence-electron chi connectivity index (χ3n) is 2.54. The van der Waals surface area contributed by atoms with Crippen molar-refractivity contribution >= 4 is 29.1 Å². The van der Waals surface area contributed by atoms with Crippen LogP contribution < -0.4 is 10.1 Å². The average molecular weight is 310 g/mol. The molecule has 0 atom stereocenters. The maximum Gasteiger partial charge on any atom is 0.258 e. The van der Waals surface area contributed by atoms with Gasteiger partial charge in [0.15, 0.2) is 6.61 Å². The zero-order valence-corrected chi connectivity index (χ0v) is 12.1. The Morgan fingerprint density at radius 1 is 1.05 bits per heavy atom. The molecule has 0 aromatic heterocycles. The van der Waals surface area contributed by atoms with Crippen LogP contribution in [0.3, 0.4) is 0 Å². The summed E-state index contributed by atoms with van der Waals surface area (Å²) in [4.78, 5) is 11.7. The van der Waals surface area contributed by atoms with Gasteiger partial charge in [-0.25, -0.2) is 0 Å². The number of carbonyl (C=O) groups excluding carboxylic acids is 1. The van der Waals surface area contributed by atoms with E-state index >= 15 is 0 Å². The Bertz CT molecular complexity index is 567. The van der Waals surface area contributed by atoms with Crippen LogP contribution in [0.25, 0.3) is 0 Å². The van der Waals surface area contributed by atoms with Crippen LogP contribution >= 0.6 is 23.2 Å². The first-order chi connectivity index (χ1) is 9.63. The molecule has 2 aromatic carbocycles. The number of ether oxygens (including phenoxy) is 1. The summed E-state index contributed by atoms with van der Waals surface area (Å²) in [7, 11) is 0. The first-order valence-corrected chi connectivity index (χ1v) is 6.78. The van der Waals surface area contributed by atoms with Gasteiger partial charge in [-0.05, 0) is 23.8 Å². The van der Waals surface area contributed by atoms with Gasteiger partial charge in [0.25, 0.3) is 5.91 Å². The molecular weight excluding hydrogens is 297 g/mol. The van der Waals surface area contributed by atoms with Crippen molar-refractivity contribution in [1.29, 1.82) is 0 Å². The highest BCUT2D eigenvalue weighted by molar-refractivity contribution is 6.34. The maximum absolute atomic E-state index is 11.7. The molecule has 1 amide bonds. The van der Waals surface area contributed by atoms with Gasteiger partial charge in [-0.15, -0.1) is 0 Å². The quantitative estimate of drug-likeness (QED) is 0.914. The topological polar surface area (TPSA) is 38.3 Å². The van der Waals surface area contributed by atoms with E-state index in [1.165, 1.54) is 0 Å². The number of halogens is 2. The van der Waals surface area contributed by atoms with E-state index < -0.39 is 0 Å². The van der Waals surface area contributed by atoms with Crippen LogP contribution in [-0.2, 0) is 11.3 Å². The number of benzene rings is 2. The Labute approximate surface area is 127 Å². The van der Waals surface area contributed by atoms with E-state index in [4.69, 9.17) is 27.9 Å². The lowest BCUT2D eigenvalue weighted by molar-refractivity contribution is -0.123. The van der Waals surface area contributed by atoms with Gasteiger partial charge in [-0.3, -0.25) is 4.79 Å². The molecule has 2 rings (SSSR count). The van der Waals surface area contributed by atoms with Crippen molar-refractivity contribution in [3.63, 3.8) is 0 Å². The molecule has 0 aliphatic heterocycles. The largest absolute Gasteiger partial charge is 0.484 e. The molecule has 3 nitrogen and oxygen atoms in total. The molecule has 20 heavy (non-hydrogen) atoms. The Hall–Kier alpha value is -1.71. The minimum atomic E-state index is -0.204. The SMILES string of the molecule is O=C(COc1cc(Cl)cc(Cl)c1)NCc1ccccc1. The van der Waals surface area contributed by atoms with Crippen molar-refractivity contribution in [2.24, 2.45) is 0 Å². The molecular formula is C15H13Cl2NO2. The van der Waals surface area contributed by atoms with Crippen LogP contribution in [0.1, 0.15) is 5.56 Å². The van der Waals surface area contributed by atoms with Crippen LogP contribution in [0, 0.1) is 0 Å². The molecule has 104 valence electrons. The smallest absolute Gasteiger partial charge is 0.258 e. The number of carbonyl (C=O) groups is 1. The van der Waals surface area contributed by atoms with Crippen molar-refractivity contribution in [2.75, 3.05) is 6.61 Å². The maximum atomic E-state index is 11.7. The molecule has 0 spiro atoms. The second-order valence-electron chi connectivity index (χ2n) is 4.16. The molecule has 0 aliphatic rings. The van der Waals surface area contributed by atoms with Gasteiger partial charge in [0.2, 0.25) is 0 Å². The minimum absolute atomic E-state index is 0.0799. The van der Waals surface area contributed by atoms with E-state index in [2.05, 4.69) is 5.32 Å². The third kappa shape index (κ3) is 4.76. The zero-order valence-electron chi connectivity index (χ0n) is 10.6. The highest BCUT2D eigenvalue weighted by Gasteiger charge is 2.04. The summed E-state index contributed by atoms with van der Waals surface area (Å²) in [5, 5.41) is 3.71. The van der Waals surface area contributed by atoms with Crippen LogP contribution in [0.15, 0.2) is 48.5 Å². The van der Waals surface area contributed by atoms with Crippen molar-refractivity contribution in [3.8, 4) is 5.75 Å². The lowest BCUT2D eigenvalue weighted by atomic mass is 10.2. The summed E-state index contributed by atoms with van der Waals surface area (Å²) >= 11 is 11.7.